The van der Waals surface area contributed by atoms with Crippen molar-refractivity contribution in [1.82, 2.24) is 9.62 Å². The Morgan fingerprint density at radius 1 is 1.15 bits per heavy atom. The average molecular weight is 398 g/mol. The monoisotopic (exact) mass is 398 g/mol. The third-order valence-corrected chi connectivity index (χ3v) is 6.13. The molecule has 1 aliphatic rings. The highest BCUT2D eigenvalue weighted by Crippen LogP contribution is 2.21. The van der Waals surface area contributed by atoms with Gasteiger partial charge in [0.15, 0.2) is 6.61 Å². The molecule has 1 saturated heterocycles. The summed E-state index contributed by atoms with van der Waals surface area (Å²) < 4.78 is 36.9. The molecule has 0 atom stereocenters. The summed E-state index contributed by atoms with van der Waals surface area (Å²) in [6.07, 6.45) is 3.70. The SMILES string of the molecule is COCCNC(=O)COC(=O)c1cccc(S(=O)(=O)N2CCCCCC2)c1. The van der Waals surface area contributed by atoms with Gasteiger partial charge in [0.25, 0.3) is 5.91 Å². The van der Waals surface area contributed by atoms with Crippen LogP contribution >= 0.6 is 0 Å². The van der Waals surface area contributed by atoms with Crippen LogP contribution in [0.2, 0.25) is 0 Å². The molecule has 27 heavy (non-hydrogen) atoms. The zero-order valence-corrected chi connectivity index (χ0v) is 16.3. The molecule has 1 aromatic carbocycles. The van der Waals surface area contributed by atoms with Gasteiger partial charge in [-0.05, 0) is 31.0 Å². The van der Waals surface area contributed by atoms with E-state index in [0.717, 1.165) is 25.7 Å². The molecule has 1 fully saturated rings. The summed E-state index contributed by atoms with van der Waals surface area (Å²) in [7, 11) is -2.14. The minimum atomic E-state index is -3.66. The first-order valence-corrected chi connectivity index (χ1v) is 10.4. The number of hydrogen-bond donors (Lipinski definition) is 1. The van der Waals surface area contributed by atoms with Gasteiger partial charge in [-0.1, -0.05) is 18.9 Å². The number of nitrogens with zero attached hydrogens (tertiary/aromatic N) is 1. The van der Waals surface area contributed by atoms with Gasteiger partial charge in [-0.3, -0.25) is 4.79 Å². The molecule has 150 valence electrons. The van der Waals surface area contributed by atoms with Crippen molar-refractivity contribution in [3.05, 3.63) is 29.8 Å². The number of sulfonamides is 1. The van der Waals surface area contributed by atoms with Crippen LogP contribution in [0.4, 0.5) is 0 Å². The van der Waals surface area contributed by atoms with Gasteiger partial charge in [-0.25, -0.2) is 13.2 Å². The highest BCUT2D eigenvalue weighted by atomic mass is 32.2. The molecule has 0 aliphatic carbocycles. The molecule has 9 heteroatoms. The number of methoxy groups -OCH3 is 1. The summed E-state index contributed by atoms with van der Waals surface area (Å²) in [6.45, 7) is 1.20. The number of benzene rings is 1. The lowest BCUT2D eigenvalue weighted by Crippen LogP contribution is -2.32. The van der Waals surface area contributed by atoms with Gasteiger partial charge in [-0.2, -0.15) is 4.31 Å². The molecule has 0 saturated carbocycles. The predicted molar refractivity (Wildman–Crippen MR) is 98.8 cm³/mol. The largest absolute Gasteiger partial charge is 0.452 e. The predicted octanol–water partition coefficient (Wildman–Crippen LogP) is 1.17. The lowest BCUT2D eigenvalue weighted by molar-refractivity contribution is -0.124. The van der Waals surface area contributed by atoms with Gasteiger partial charge < -0.3 is 14.8 Å². The number of carbonyl (C=O) groups is 2. The van der Waals surface area contributed by atoms with Gasteiger partial charge in [0.05, 0.1) is 17.1 Å². The van der Waals surface area contributed by atoms with E-state index in [4.69, 9.17) is 9.47 Å². The van der Waals surface area contributed by atoms with Gasteiger partial charge in [-0.15, -0.1) is 0 Å². The van der Waals surface area contributed by atoms with Crippen molar-refractivity contribution in [3.63, 3.8) is 0 Å². The Balaban J connectivity index is 2.01. The van der Waals surface area contributed by atoms with Crippen LogP contribution in [-0.2, 0) is 24.3 Å². The van der Waals surface area contributed by atoms with Gasteiger partial charge in [0.1, 0.15) is 0 Å². The topological polar surface area (TPSA) is 102 Å². The second kappa shape index (κ2) is 10.4. The minimum absolute atomic E-state index is 0.0587. The summed E-state index contributed by atoms with van der Waals surface area (Å²) in [5, 5.41) is 2.53. The second-order valence-electron chi connectivity index (χ2n) is 6.27. The normalized spacial score (nSPS) is 15.7. The van der Waals surface area contributed by atoms with E-state index in [2.05, 4.69) is 5.32 Å². The molecule has 1 heterocycles. The maximum Gasteiger partial charge on any atom is 0.338 e. The van der Waals surface area contributed by atoms with Crippen molar-refractivity contribution in [1.29, 1.82) is 0 Å². The molecule has 2 rings (SSSR count). The first kappa shape index (κ1) is 21.3. The summed E-state index contributed by atoms with van der Waals surface area (Å²) in [4.78, 5) is 23.8. The Kier molecular flexibility index (Phi) is 8.21. The first-order chi connectivity index (χ1) is 12.9. The van der Waals surface area contributed by atoms with Crippen LogP contribution in [0.3, 0.4) is 0 Å². The van der Waals surface area contributed by atoms with Crippen LogP contribution in [-0.4, -0.2) is 64.6 Å². The molecule has 0 unspecified atom stereocenters. The van der Waals surface area contributed by atoms with Crippen LogP contribution in [0.1, 0.15) is 36.0 Å². The van der Waals surface area contributed by atoms with Gasteiger partial charge >= 0.3 is 5.97 Å². The fraction of sp³-hybridized carbons (Fsp3) is 0.556. The van der Waals surface area contributed by atoms with E-state index in [1.807, 2.05) is 0 Å². The van der Waals surface area contributed by atoms with E-state index < -0.39 is 28.5 Å². The van der Waals surface area contributed by atoms with Crippen LogP contribution in [0, 0.1) is 0 Å². The van der Waals surface area contributed by atoms with Gasteiger partial charge in [0, 0.05) is 26.7 Å². The first-order valence-electron chi connectivity index (χ1n) is 8.98. The van der Waals surface area contributed by atoms with Crippen molar-refractivity contribution in [2.45, 2.75) is 30.6 Å². The Bertz CT molecular complexity index is 742. The second-order valence-corrected chi connectivity index (χ2v) is 8.20. The molecule has 0 bridgehead atoms. The third-order valence-electron chi connectivity index (χ3n) is 4.24. The van der Waals surface area contributed by atoms with Crippen molar-refractivity contribution < 1.29 is 27.5 Å². The van der Waals surface area contributed by atoms with Crippen LogP contribution < -0.4 is 5.32 Å². The Morgan fingerprint density at radius 3 is 2.52 bits per heavy atom. The molecule has 1 N–H and O–H groups in total. The van der Waals surface area contributed by atoms with Crippen LogP contribution in [0.25, 0.3) is 0 Å². The number of rotatable bonds is 8. The number of nitrogens with one attached hydrogen (secondary N) is 1. The minimum Gasteiger partial charge on any atom is -0.452 e. The average Bonchev–Trinajstić information content (AvgIpc) is 2.96. The van der Waals surface area contributed by atoms with Crippen molar-refractivity contribution in [2.24, 2.45) is 0 Å². The summed E-state index contributed by atoms with van der Waals surface area (Å²) in [6, 6.07) is 5.73. The van der Waals surface area contributed by atoms with E-state index in [1.165, 1.54) is 35.7 Å². The molecule has 0 radical (unpaired) electrons. The van der Waals surface area contributed by atoms with Gasteiger partial charge in [0.2, 0.25) is 10.0 Å². The van der Waals surface area contributed by atoms with E-state index in [0.29, 0.717) is 26.2 Å². The molecule has 0 aromatic heterocycles. The molecular formula is C18H26N2O6S. The van der Waals surface area contributed by atoms with E-state index >= 15 is 0 Å². The number of carbonyl (C=O) groups excluding carboxylic acids is 2. The Hall–Kier alpha value is -1.97. The molecular weight excluding hydrogens is 372 g/mol. The van der Waals surface area contributed by atoms with Crippen LogP contribution in [0.5, 0.6) is 0 Å². The maximum absolute atomic E-state index is 12.8. The Morgan fingerprint density at radius 2 is 1.85 bits per heavy atom. The smallest absolute Gasteiger partial charge is 0.338 e. The third kappa shape index (κ3) is 6.30. The molecule has 8 nitrogen and oxygen atoms in total. The molecule has 1 aromatic rings. The quantitative estimate of drug-likeness (QED) is 0.521. The van der Waals surface area contributed by atoms with E-state index in [9.17, 15) is 18.0 Å². The number of esters is 1. The van der Waals surface area contributed by atoms with E-state index in [1.54, 1.807) is 0 Å². The Labute approximate surface area is 159 Å². The maximum atomic E-state index is 12.8. The molecule has 1 amide bonds. The van der Waals surface area contributed by atoms with Crippen LogP contribution in [0.15, 0.2) is 29.2 Å². The number of amides is 1. The standard InChI is InChI=1S/C18H26N2O6S/c1-25-12-9-19-17(21)14-26-18(22)15-7-6-8-16(13-15)27(23,24)20-10-4-2-3-5-11-20/h6-8,13H,2-5,9-12,14H2,1H3,(H,19,21). The van der Waals surface area contributed by atoms with E-state index in [-0.39, 0.29) is 10.5 Å². The van der Waals surface area contributed by atoms with Crippen molar-refractivity contribution >= 4 is 21.9 Å². The highest BCUT2D eigenvalue weighted by molar-refractivity contribution is 7.89. The summed E-state index contributed by atoms with van der Waals surface area (Å²) >= 11 is 0. The zero-order valence-electron chi connectivity index (χ0n) is 15.5. The summed E-state index contributed by atoms with van der Waals surface area (Å²) in [5.41, 5.74) is 0.0931. The molecule has 0 spiro atoms. The lowest BCUT2D eigenvalue weighted by Gasteiger charge is -2.20. The lowest BCUT2D eigenvalue weighted by atomic mass is 10.2. The van der Waals surface area contributed by atoms with Crippen molar-refractivity contribution in [2.75, 3.05) is 40.0 Å². The fourth-order valence-corrected chi connectivity index (χ4v) is 4.34. The van der Waals surface area contributed by atoms with Crippen molar-refractivity contribution in [3.8, 4) is 0 Å². The molecule has 1 aliphatic heterocycles. The number of hydrogen-bond acceptors (Lipinski definition) is 6. The summed E-state index contributed by atoms with van der Waals surface area (Å²) in [5.74, 6) is -1.20. The zero-order chi connectivity index (χ0) is 19.7. The fourth-order valence-electron chi connectivity index (χ4n) is 2.77. The highest BCUT2D eigenvalue weighted by Gasteiger charge is 2.26. The number of ether oxygens (including phenoxy) is 2.